The number of carbonyl (C=O) groups excluding carboxylic acids is 3. The summed E-state index contributed by atoms with van der Waals surface area (Å²) in [6.07, 6.45) is 28.0. The summed E-state index contributed by atoms with van der Waals surface area (Å²) in [6.45, 7) is 2.38. The normalized spacial score (nSPS) is 18.7. The van der Waals surface area contributed by atoms with Gasteiger partial charge in [-0.2, -0.15) is 0 Å². The number of ether oxygens (including phenoxy) is 5. The summed E-state index contributed by atoms with van der Waals surface area (Å²) in [5.41, 5.74) is 0. The maximum Gasteiger partial charge on any atom is 1.00 e. The first kappa shape index (κ1) is 64.4. The Labute approximate surface area is 419 Å². The second-order valence-electron chi connectivity index (χ2n) is 17.0. The van der Waals surface area contributed by atoms with Gasteiger partial charge in [-0.05, 0) is 64.2 Å². The van der Waals surface area contributed by atoms with E-state index in [9.17, 15) is 42.7 Å². The minimum atomic E-state index is -5.35. The van der Waals surface area contributed by atoms with Crippen LogP contribution in [0.3, 0.4) is 0 Å². The molecular formula is C48H86NNaO15S. The van der Waals surface area contributed by atoms with E-state index in [4.69, 9.17) is 23.7 Å². The first-order chi connectivity index (χ1) is 31.4. The van der Waals surface area contributed by atoms with E-state index in [-0.39, 0.29) is 68.8 Å². The molecule has 66 heavy (non-hydrogen) atoms. The van der Waals surface area contributed by atoms with Crippen LogP contribution >= 0.6 is 0 Å². The fraction of sp³-hybridized carbons (Fsp3) is 0.854. The smallest absolute Gasteiger partial charge is 0.726 e. The quantitative estimate of drug-likeness (QED) is 0.0112. The number of allylic oxidation sites excluding steroid dienone is 4. The molecule has 18 heteroatoms. The van der Waals surface area contributed by atoms with E-state index in [0.29, 0.717) is 12.8 Å². The summed E-state index contributed by atoms with van der Waals surface area (Å²) >= 11 is 0. The fourth-order valence-electron chi connectivity index (χ4n) is 7.27. The van der Waals surface area contributed by atoms with Crippen molar-refractivity contribution in [2.75, 3.05) is 33.0 Å². The molecule has 16 nitrogen and oxygen atoms in total. The van der Waals surface area contributed by atoms with E-state index in [0.717, 1.165) is 77.0 Å². The Hall–Kier alpha value is -1.64. The van der Waals surface area contributed by atoms with Crippen molar-refractivity contribution in [1.82, 2.24) is 5.32 Å². The Balaban J connectivity index is 0.0000422. The average Bonchev–Trinajstić information content (AvgIpc) is 3.27. The first-order valence-electron chi connectivity index (χ1n) is 24.9. The monoisotopic (exact) mass is 972 g/mol. The van der Waals surface area contributed by atoms with Crippen LogP contribution in [0, 0.1) is 0 Å². The molecule has 1 amide bonds. The maximum atomic E-state index is 12.7. The molecule has 0 aromatic carbocycles. The third-order valence-corrected chi connectivity index (χ3v) is 11.6. The number of aliphatic hydroxyl groups is 3. The number of esters is 2. The molecule has 1 aliphatic rings. The van der Waals surface area contributed by atoms with Crippen molar-refractivity contribution in [2.45, 2.75) is 230 Å². The molecule has 0 unspecified atom stereocenters. The summed E-state index contributed by atoms with van der Waals surface area (Å²) in [4.78, 5) is 37.9. The van der Waals surface area contributed by atoms with E-state index in [1.54, 1.807) is 0 Å². The average molecular weight is 972 g/mol. The third kappa shape index (κ3) is 36.4. The van der Waals surface area contributed by atoms with Gasteiger partial charge < -0.3 is 48.9 Å². The van der Waals surface area contributed by atoms with Crippen LogP contribution in [-0.4, -0.2) is 116 Å². The number of aliphatic hydroxyl groups excluding tert-OH is 3. The van der Waals surface area contributed by atoms with E-state index < -0.39 is 71.8 Å². The summed E-state index contributed by atoms with van der Waals surface area (Å²) < 4.78 is 64.4. The largest absolute Gasteiger partial charge is 1.00 e. The topological polar surface area (TPSA) is 237 Å². The number of unbranched alkanes of at least 4 members (excludes halogenated alkanes) is 22. The maximum absolute atomic E-state index is 12.7. The summed E-state index contributed by atoms with van der Waals surface area (Å²) in [7, 11) is -5.35. The van der Waals surface area contributed by atoms with E-state index in [1.165, 1.54) is 77.0 Å². The number of amides is 1. The summed E-state index contributed by atoms with van der Waals surface area (Å²) in [5, 5.41) is 32.5. The van der Waals surface area contributed by atoms with Gasteiger partial charge in [0.2, 0.25) is 10.4 Å². The van der Waals surface area contributed by atoms with Crippen LogP contribution in [0.15, 0.2) is 24.3 Å². The van der Waals surface area contributed by atoms with Crippen LogP contribution in [0.4, 0.5) is 4.79 Å². The zero-order valence-electron chi connectivity index (χ0n) is 40.8. The molecule has 0 aromatic heterocycles. The molecule has 1 fully saturated rings. The van der Waals surface area contributed by atoms with Crippen LogP contribution < -0.4 is 34.9 Å². The Bertz CT molecular complexity index is 1320. The van der Waals surface area contributed by atoms with Gasteiger partial charge in [-0.1, -0.05) is 141 Å². The predicted molar refractivity (Wildman–Crippen MR) is 247 cm³/mol. The van der Waals surface area contributed by atoms with E-state index in [1.807, 2.05) is 0 Å². The Morgan fingerprint density at radius 1 is 0.652 bits per heavy atom. The molecule has 1 rings (SSSR count). The summed E-state index contributed by atoms with van der Waals surface area (Å²) in [6, 6.07) is 0. The molecule has 0 radical (unpaired) electrons. The number of hydrogen-bond acceptors (Lipinski definition) is 15. The zero-order valence-corrected chi connectivity index (χ0v) is 43.6. The minimum Gasteiger partial charge on any atom is -0.726 e. The molecular weight excluding hydrogens is 886 g/mol. The Morgan fingerprint density at radius 3 is 1.47 bits per heavy atom. The minimum absolute atomic E-state index is 0. The predicted octanol–water partition coefficient (Wildman–Crippen LogP) is 5.55. The van der Waals surface area contributed by atoms with Crippen LogP contribution in [0.1, 0.15) is 194 Å². The molecule has 380 valence electrons. The third-order valence-electron chi connectivity index (χ3n) is 11.1. The van der Waals surface area contributed by atoms with Gasteiger partial charge in [0.15, 0.2) is 12.4 Å². The van der Waals surface area contributed by atoms with Gasteiger partial charge in [-0.15, -0.1) is 0 Å². The number of rotatable bonds is 42. The molecule has 1 saturated heterocycles. The molecule has 0 aromatic rings. The number of nitrogens with one attached hydrogen (secondary N) is 1. The molecule has 0 bridgehead atoms. The van der Waals surface area contributed by atoms with Crippen LogP contribution in [0.2, 0.25) is 0 Å². The van der Waals surface area contributed by atoms with Gasteiger partial charge in [0.25, 0.3) is 0 Å². The first-order valence-corrected chi connectivity index (χ1v) is 26.2. The summed E-state index contributed by atoms with van der Waals surface area (Å²) in [5.74, 6) is -0.928. The van der Waals surface area contributed by atoms with Gasteiger partial charge in [0.1, 0.15) is 37.6 Å². The van der Waals surface area contributed by atoms with Crippen LogP contribution in [-0.2, 0) is 47.9 Å². The van der Waals surface area contributed by atoms with E-state index >= 15 is 0 Å². The van der Waals surface area contributed by atoms with Crippen LogP contribution in [0.25, 0.3) is 0 Å². The van der Waals surface area contributed by atoms with Crippen molar-refractivity contribution >= 4 is 28.4 Å². The number of alkyl carbamates (subject to hydrolysis) is 1. The molecule has 0 spiro atoms. The molecule has 5 atom stereocenters. The van der Waals surface area contributed by atoms with Crippen molar-refractivity contribution in [3.8, 4) is 0 Å². The molecule has 1 heterocycles. The van der Waals surface area contributed by atoms with E-state index in [2.05, 4.69) is 47.7 Å². The second-order valence-corrected chi connectivity index (χ2v) is 18.0. The van der Waals surface area contributed by atoms with Gasteiger partial charge in [-0.3, -0.25) is 13.8 Å². The molecule has 1 aliphatic heterocycles. The van der Waals surface area contributed by atoms with Crippen LogP contribution in [0.5, 0.6) is 0 Å². The van der Waals surface area contributed by atoms with Crippen molar-refractivity contribution in [1.29, 1.82) is 0 Å². The fourth-order valence-corrected chi connectivity index (χ4v) is 7.77. The van der Waals surface area contributed by atoms with Crippen molar-refractivity contribution in [3.05, 3.63) is 24.3 Å². The van der Waals surface area contributed by atoms with Gasteiger partial charge >= 0.3 is 47.6 Å². The molecule has 4 N–H and O–H groups in total. The number of hydrogen-bond donors (Lipinski definition) is 4. The standard InChI is InChI=1S/C48H87NO15S.Na/c1-3-5-7-9-11-13-15-17-19-21-23-25-27-29-31-33-42(51)60-38-40(39-61-43(52)34-32-30-28-26-24-22-20-18-16-14-12-10-8-6-4-2)62-48(55)49-35-36-59-47-45(54)46(64-65(56,57)58)44(53)41(37-50)63-47;/h17-20,40-41,44-47,50,53-54H,3-16,21-39H2,1-2H3,(H,49,55)(H,56,57,58);/q;+1/p-1/b19-17-,20-18-;/t41-,44+,45-,46+,47-;/m1./s1. The van der Waals surface area contributed by atoms with Crippen molar-refractivity contribution in [2.24, 2.45) is 0 Å². The van der Waals surface area contributed by atoms with Crippen molar-refractivity contribution < 1.29 is 100 Å². The second kappa shape index (κ2) is 43.4. The zero-order chi connectivity index (χ0) is 47.8. The van der Waals surface area contributed by atoms with Gasteiger partial charge in [-0.25, -0.2) is 13.2 Å². The van der Waals surface area contributed by atoms with Crippen molar-refractivity contribution in [3.63, 3.8) is 0 Å². The van der Waals surface area contributed by atoms with Gasteiger partial charge in [0, 0.05) is 19.4 Å². The molecule has 0 aliphatic carbocycles. The SMILES string of the molecule is CCCCCCCC/C=C\CCCCCCCC(=O)OCC(COC(=O)CCCCCCC/C=C\CCCCCCCC)OC(=O)NCCO[C@@H]1O[C@H](CO)[C@H](O)[C@H](OS(=O)(=O)[O-])[C@H]1O.[Na+]. The Morgan fingerprint density at radius 2 is 1.06 bits per heavy atom. The molecule has 0 saturated carbocycles. The Kier molecular flexibility index (Phi) is 42.3. The van der Waals surface area contributed by atoms with Gasteiger partial charge in [0.05, 0.1) is 13.2 Å². The number of carbonyl (C=O) groups is 3.